The van der Waals surface area contributed by atoms with Gasteiger partial charge in [-0.1, -0.05) is 6.07 Å². The summed E-state index contributed by atoms with van der Waals surface area (Å²) in [6.45, 7) is 0. The summed E-state index contributed by atoms with van der Waals surface area (Å²) in [5, 5.41) is 2.79. The third-order valence-electron chi connectivity index (χ3n) is 3.26. The summed E-state index contributed by atoms with van der Waals surface area (Å²) in [4.78, 5) is 11.8. The van der Waals surface area contributed by atoms with Gasteiger partial charge >= 0.3 is 0 Å². The number of hydrogen-bond donors (Lipinski definition) is 1. The molecule has 0 amide bonds. The SMILES string of the molecule is O=c1[nH]n(-c2cccc(F)c2)c2c1CCCC2. The van der Waals surface area contributed by atoms with E-state index in [-0.39, 0.29) is 11.4 Å². The van der Waals surface area contributed by atoms with E-state index in [1.165, 1.54) is 12.1 Å². The Balaban J connectivity index is 2.18. The van der Waals surface area contributed by atoms with E-state index in [4.69, 9.17) is 0 Å². The minimum absolute atomic E-state index is 0.0380. The molecule has 2 aromatic rings. The highest BCUT2D eigenvalue weighted by molar-refractivity contribution is 5.36. The largest absolute Gasteiger partial charge is 0.268 e. The van der Waals surface area contributed by atoms with Gasteiger partial charge in [-0.25, -0.2) is 4.39 Å². The first-order valence-corrected chi connectivity index (χ1v) is 5.84. The smallest absolute Gasteiger partial charge is 0.267 e. The Kier molecular flexibility index (Phi) is 2.35. The topological polar surface area (TPSA) is 37.8 Å². The maximum Gasteiger partial charge on any atom is 0.267 e. The van der Waals surface area contributed by atoms with Crippen LogP contribution in [0.3, 0.4) is 0 Å². The Morgan fingerprint density at radius 1 is 1.24 bits per heavy atom. The van der Waals surface area contributed by atoms with Gasteiger partial charge in [0.2, 0.25) is 0 Å². The normalized spacial score (nSPS) is 14.6. The summed E-state index contributed by atoms with van der Waals surface area (Å²) < 4.78 is 14.9. The molecule has 0 fully saturated rings. The highest BCUT2D eigenvalue weighted by Crippen LogP contribution is 2.21. The second-order valence-corrected chi connectivity index (χ2v) is 4.39. The quantitative estimate of drug-likeness (QED) is 0.804. The molecule has 1 heterocycles. The summed E-state index contributed by atoms with van der Waals surface area (Å²) in [6.07, 6.45) is 3.85. The lowest BCUT2D eigenvalue weighted by Gasteiger charge is -2.13. The van der Waals surface area contributed by atoms with E-state index in [1.807, 2.05) is 0 Å². The van der Waals surface area contributed by atoms with Gasteiger partial charge in [-0.15, -0.1) is 0 Å². The Morgan fingerprint density at radius 2 is 2.06 bits per heavy atom. The van der Waals surface area contributed by atoms with E-state index in [0.29, 0.717) is 5.69 Å². The van der Waals surface area contributed by atoms with Crippen molar-refractivity contribution < 1.29 is 4.39 Å². The van der Waals surface area contributed by atoms with Crippen molar-refractivity contribution in [3.63, 3.8) is 0 Å². The highest BCUT2D eigenvalue weighted by Gasteiger charge is 2.18. The molecule has 0 saturated heterocycles. The van der Waals surface area contributed by atoms with Crippen LogP contribution in [0, 0.1) is 5.82 Å². The van der Waals surface area contributed by atoms with E-state index in [9.17, 15) is 9.18 Å². The fourth-order valence-electron chi connectivity index (χ4n) is 2.45. The van der Waals surface area contributed by atoms with Gasteiger partial charge in [0.25, 0.3) is 5.56 Å². The van der Waals surface area contributed by atoms with E-state index < -0.39 is 0 Å². The Labute approximate surface area is 97.9 Å². The third kappa shape index (κ3) is 1.69. The molecule has 0 atom stereocenters. The number of rotatable bonds is 1. The van der Waals surface area contributed by atoms with E-state index in [0.717, 1.165) is 36.9 Å². The summed E-state index contributed by atoms with van der Waals surface area (Å²) >= 11 is 0. The van der Waals surface area contributed by atoms with Gasteiger partial charge in [0.15, 0.2) is 0 Å². The van der Waals surface area contributed by atoms with Crippen molar-refractivity contribution in [2.75, 3.05) is 0 Å². The predicted molar refractivity (Wildman–Crippen MR) is 63.0 cm³/mol. The van der Waals surface area contributed by atoms with Gasteiger partial charge in [0, 0.05) is 11.3 Å². The predicted octanol–water partition coefficient (Wildman–Crippen LogP) is 2.18. The summed E-state index contributed by atoms with van der Waals surface area (Å²) in [5.41, 5.74) is 2.52. The molecule has 1 aromatic heterocycles. The lowest BCUT2D eigenvalue weighted by molar-refractivity contribution is 0.621. The molecule has 1 aliphatic rings. The average Bonchev–Trinajstić information content (AvgIpc) is 2.68. The van der Waals surface area contributed by atoms with Crippen molar-refractivity contribution in [2.24, 2.45) is 0 Å². The number of fused-ring (bicyclic) bond motifs is 1. The molecule has 0 unspecified atom stereocenters. The highest BCUT2D eigenvalue weighted by atomic mass is 19.1. The van der Waals surface area contributed by atoms with Gasteiger partial charge in [-0.2, -0.15) is 0 Å². The van der Waals surface area contributed by atoms with Gasteiger partial charge in [-0.3, -0.25) is 14.6 Å². The Bertz CT molecular complexity index is 612. The molecule has 1 aliphatic carbocycles. The fraction of sp³-hybridized carbons (Fsp3) is 0.308. The number of benzene rings is 1. The van der Waals surface area contributed by atoms with Crippen LogP contribution in [-0.2, 0) is 12.8 Å². The van der Waals surface area contributed by atoms with Crippen molar-refractivity contribution >= 4 is 0 Å². The molecule has 0 saturated carbocycles. The molecule has 17 heavy (non-hydrogen) atoms. The third-order valence-corrected chi connectivity index (χ3v) is 3.26. The molecule has 88 valence electrons. The van der Waals surface area contributed by atoms with Crippen LogP contribution in [0.15, 0.2) is 29.1 Å². The fourth-order valence-corrected chi connectivity index (χ4v) is 2.45. The van der Waals surface area contributed by atoms with Crippen LogP contribution in [0.25, 0.3) is 5.69 Å². The maximum atomic E-state index is 13.2. The number of aromatic nitrogens is 2. The average molecular weight is 232 g/mol. The van der Waals surface area contributed by atoms with Crippen molar-refractivity contribution in [3.05, 3.63) is 51.7 Å². The molecule has 0 bridgehead atoms. The molecule has 1 N–H and O–H groups in total. The standard InChI is InChI=1S/C13H13FN2O/c14-9-4-3-5-10(8-9)16-12-7-2-1-6-11(12)13(17)15-16/h3-5,8H,1-2,6-7H2,(H,15,17). The molecule has 0 aliphatic heterocycles. The van der Waals surface area contributed by atoms with E-state index >= 15 is 0 Å². The summed E-state index contributed by atoms with van der Waals surface area (Å²) in [5.74, 6) is -0.290. The van der Waals surface area contributed by atoms with Gasteiger partial charge in [0.1, 0.15) is 5.82 Å². The van der Waals surface area contributed by atoms with Crippen molar-refractivity contribution in [1.29, 1.82) is 0 Å². The van der Waals surface area contributed by atoms with Crippen LogP contribution < -0.4 is 5.56 Å². The minimum atomic E-state index is -0.290. The first-order valence-electron chi connectivity index (χ1n) is 5.84. The number of hydrogen-bond acceptors (Lipinski definition) is 1. The van der Waals surface area contributed by atoms with Crippen LogP contribution in [0.4, 0.5) is 4.39 Å². The molecule has 0 spiro atoms. The minimum Gasteiger partial charge on any atom is -0.268 e. The van der Waals surface area contributed by atoms with Gasteiger partial charge in [-0.05, 0) is 43.9 Å². The van der Waals surface area contributed by atoms with Crippen LogP contribution in [0.2, 0.25) is 0 Å². The monoisotopic (exact) mass is 232 g/mol. The first kappa shape index (κ1) is 10.3. The second-order valence-electron chi connectivity index (χ2n) is 4.39. The lowest BCUT2D eigenvalue weighted by atomic mass is 9.98. The number of nitrogens with zero attached hydrogens (tertiary/aromatic N) is 1. The molecule has 0 radical (unpaired) electrons. The number of aromatic amines is 1. The lowest BCUT2D eigenvalue weighted by Crippen LogP contribution is -2.10. The molecule has 3 rings (SSSR count). The van der Waals surface area contributed by atoms with Crippen LogP contribution in [0.1, 0.15) is 24.1 Å². The van der Waals surface area contributed by atoms with Gasteiger partial charge < -0.3 is 0 Å². The number of nitrogens with one attached hydrogen (secondary N) is 1. The Hall–Kier alpha value is -1.84. The number of H-pyrrole nitrogens is 1. The zero-order valence-electron chi connectivity index (χ0n) is 9.37. The second kappa shape index (κ2) is 3.87. The zero-order valence-corrected chi connectivity index (χ0v) is 9.37. The Morgan fingerprint density at radius 3 is 2.88 bits per heavy atom. The van der Waals surface area contributed by atoms with E-state index in [2.05, 4.69) is 5.10 Å². The van der Waals surface area contributed by atoms with E-state index in [1.54, 1.807) is 16.8 Å². The van der Waals surface area contributed by atoms with Crippen LogP contribution in [0.5, 0.6) is 0 Å². The molecular formula is C13H13FN2O. The molecular weight excluding hydrogens is 219 g/mol. The van der Waals surface area contributed by atoms with Crippen LogP contribution in [-0.4, -0.2) is 9.78 Å². The van der Waals surface area contributed by atoms with Crippen LogP contribution >= 0.6 is 0 Å². The van der Waals surface area contributed by atoms with Crippen molar-refractivity contribution in [3.8, 4) is 5.69 Å². The zero-order chi connectivity index (χ0) is 11.8. The molecule has 1 aromatic carbocycles. The van der Waals surface area contributed by atoms with Gasteiger partial charge in [0.05, 0.1) is 5.69 Å². The van der Waals surface area contributed by atoms with Crippen molar-refractivity contribution in [2.45, 2.75) is 25.7 Å². The van der Waals surface area contributed by atoms with Crippen molar-refractivity contribution in [1.82, 2.24) is 9.78 Å². The summed E-state index contributed by atoms with van der Waals surface area (Å²) in [6, 6.07) is 6.29. The molecule has 4 heteroatoms. The summed E-state index contributed by atoms with van der Waals surface area (Å²) in [7, 11) is 0. The maximum absolute atomic E-state index is 13.2. The first-order chi connectivity index (χ1) is 8.25. The molecule has 3 nitrogen and oxygen atoms in total. The number of halogens is 1.